The van der Waals surface area contributed by atoms with Gasteiger partial charge in [-0.2, -0.15) is 0 Å². The van der Waals surface area contributed by atoms with Crippen molar-refractivity contribution in [2.75, 3.05) is 6.54 Å². The molecule has 0 rings (SSSR count). The summed E-state index contributed by atoms with van der Waals surface area (Å²) in [7, 11) is -3.34. The normalized spacial score (nSPS) is 15.7. The highest BCUT2D eigenvalue weighted by Crippen LogP contribution is 2.13. The summed E-state index contributed by atoms with van der Waals surface area (Å²) in [5, 5.41) is 9.52. The van der Waals surface area contributed by atoms with Gasteiger partial charge in [-0.3, -0.25) is 0 Å². The van der Waals surface area contributed by atoms with Gasteiger partial charge in [0.25, 0.3) is 0 Å². The molecule has 4 nitrogen and oxygen atoms in total. The Morgan fingerprint density at radius 3 is 2.07 bits per heavy atom. The Balaban J connectivity index is 4.17. The molecular formula is C10H23NO3S. The lowest BCUT2D eigenvalue weighted by atomic mass is 10.1. The average Bonchev–Trinajstić information content (AvgIpc) is 1.97. The van der Waals surface area contributed by atoms with E-state index in [0.29, 0.717) is 12.3 Å². The third-order valence-electron chi connectivity index (χ3n) is 2.06. The summed E-state index contributed by atoms with van der Waals surface area (Å²) in [6, 6.07) is 0. The summed E-state index contributed by atoms with van der Waals surface area (Å²) in [4.78, 5) is 0. The first kappa shape index (κ1) is 14.9. The van der Waals surface area contributed by atoms with Crippen LogP contribution in [0.25, 0.3) is 0 Å². The summed E-state index contributed by atoms with van der Waals surface area (Å²) >= 11 is 0. The van der Waals surface area contributed by atoms with Gasteiger partial charge in [0.1, 0.15) is 0 Å². The van der Waals surface area contributed by atoms with Gasteiger partial charge in [-0.15, -0.1) is 0 Å². The van der Waals surface area contributed by atoms with Crippen molar-refractivity contribution in [1.29, 1.82) is 0 Å². The van der Waals surface area contributed by atoms with E-state index in [1.54, 1.807) is 20.8 Å². The first-order chi connectivity index (χ1) is 6.56. The second-order valence-electron chi connectivity index (χ2n) is 5.25. The summed E-state index contributed by atoms with van der Waals surface area (Å²) in [5.74, 6) is 0.360. The summed E-state index contributed by atoms with van der Waals surface area (Å²) < 4.78 is 24.8. The Bertz CT molecular complexity index is 278. The van der Waals surface area contributed by atoms with E-state index in [1.165, 1.54) is 0 Å². The number of sulfonamides is 1. The van der Waals surface area contributed by atoms with Crippen LogP contribution >= 0.6 is 0 Å². The summed E-state index contributed by atoms with van der Waals surface area (Å²) in [6.45, 7) is 8.96. The van der Waals surface area contributed by atoms with Gasteiger partial charge in [0.05, 0.1) is 10.9 Å². The van der Waals surface area contributed by atoms with Gasteiger partial charge < -0.3 is 5.11 Å². The van der Waals surface area contributed by atoms with E-state index in [9.17, 15) is 13.5 Å². The number of hydrogen-bond acceptors (Lipinski definition) is 3. The molecule has 0 spiro atoms. The van der Waals surface area contributed by atoms with Gasteiger partial charge >= 0.3 is 0 Å². The van der Waals surface area contributed by atoms with Crippen molar-refractivity contribution in [3.63, 3.8) is 0 Å². The van der Waals surface area contributed by atoms with Gasteiger partial charge in [-0.1, -0.05) is 13.8 Å². The van der Waals surface area contributed by atoms with Crippen LogP contribution in [-0.4, -0.2) is 30.9 Å². The molecule has 0 fully saturated rings. The third kappa shape index (κ3) is 5.49. The Morgan fingerprint density at radius 2 is 1.73 bits per heavy atom. The van der Waals surface area contributed by atoms with Crippen molar-refractivity contribution < 1.29 is 13.5 Å². The number of hydrogen-bond donors (Lipinski definition) is 2. The second kappa shape index (κ2) is 5.27. The Morgan fingerprint density at radius 1 is 1.27 bits per heavy atom. The van der Waals surface area contributed by atoms with E-state index in [0.717, 1.165) is 0 Å². The van der Waals surface area contributed by atoms with E-state index >= 15 is 0 Å². The van der Waals surface area contributed by atoms with Gasteiger partial charge in [0.2, 0.25) is 10.0 Å². The van der Waals surface area contributed by atoms with E-state index in [1.807, 2.05) is 13.8 Å². The Kier molecular flexibility index (Phi) is 5.23. The predicted octanol–water partition coefficient (Wildman–Crippen LogP) is 1.11. The minimum atomic E-state index is -3.34. The van der Waals surface area contributed by atoms with Crippen molar-refractivity contribution in [2.45, 2.75) is 51.9 Å². The Labute approximate surface area is 93.1 Å². The van der Waals surface area contributed by atoms with Crippen LogP contribution in [0.1, 0.15) is 41.0 Å². The molecule has 0 amide bonds. The summed E-state index contributed by atoms with van der Waals surface area (Å²) in [6.07, 6.45) is -0.00531. The lowest BCUT2D eigenvalue weighted by molar-refractivity contribution is 0.152. The molecule has 0 aliphatic carbocycles. The van der Waals surface area contributed by atoms with Crippen LogP contribution in [0, 0.1) is 5.92 Å². The zero-order valence-corrected chi connectivity index (χ0v) is 11.1. The van der Waals surface area contributed by atoms with Gasteiger partial charge in [0, 0.05) is 6.54 Å². The fourth-order valence-electron chi connectivity index (χ4n) is 1.05. The molecule has 0 heterocycles. The van der Waals surface area contributed by atoms with Gasteiger partial charge in [0.15, 0.2) is 0 Å². The third-order valence-corrected chi connectivity index (χ3v) is 4.22. The number of rotatable bonds is 5. The molecule has 5 heteroatoms. The molecule has 0 saturated carbocycles. The molecule has 0 saturated heterocycles. The smallest absolute Gasteiger partial charge is 0.216 e. The number of aliphatic hydroxyl groups is 1. The highest BCUT2D eigenvalue weighted by atomic mass is 32.2. The van der Waals surface area contributed by atoms with Crippen molar-refractivity contribution in [3.05, 3.63) is 0 Å². The molecule has 1 unspecified atom stereocenters. The first-order valence-electron chi connectivity index (χ1n) is 5.23. The van der Waals surface area contributed by atoms with Crippen molar-refractivity contribution >= 4 is 10.0 Å². The molecule has 0 aromatic rings. The average molecular weight is 237 g/mol. The number of aliphatic hydroxyl groups excluding tert-OH is 1. The van der Waals surface area contributed by atoms with Gasteiger partial charge in [-0.05, 0) is 33.1 Å². The van der Waals surface area contributed by atoms with E-state index in [-0.39, 0.29) is 6.54 Å². The molecule has 0 bridgehead atoms. The van der Waals surface area contributed by atoms with Crippen LogP contribution < -0.4 is 4.72 Å². The zero-order valence-electron chi connectivity index (χ0n) is 10.2. The quantitative estimate of drug-likeness (QED) is 0.753. The second-order valence-corrected chi connectivity index (χ2v) is 7.77. The summed E-state index contributed by atoms with van der Waals surface area (Å²) in [5.41, 5.74) is 0. The van der Waals surface area contributed by atoms with Crippen LogP contribution in [0.4, 0.5) is 0 Å². The van der Waals surface area contributed by atoms with Crippen LogP contribution in [0.15, 0.2) is 0 Å². The molecule has 15 heavy (non-hydrogen) atoms. The van der Waals surface area contributed by atoms with E-state index in [4.69, 9.17) is 0 Å². The molecule has 1 atom stereocenters. The van der Waals surface area contributed by atoms with Gasteiger partial charge in [-0.25, -0.2) is 13.1 Å². The minimum Gasteiger partial charge on any atom is -0.392 e. The fourth-order valence-corrected chi connectivity index (χ4v) is 1.89. The maximum atomic E-state index is 11.6. The fraction of sp³-hybridized carbons (Fsp3) is 1.00. The molecule has 0 aromatic carbocycles. The molecule has 0 radical (unpaired) electrons. The highest BCUT2D eigenvalue weighted by Gasteiger charge is 2.28. The first-order valence-corrected chi connectivity index (χ1v) is 6.72. The largest absolute Gasteiger partial charge is 0.392 e. The van der Waals surface area contributed by atoms with Crippen LogP contribution in [-0.2, 0) is 10.0 Å². The Hall–Kier alpha value is -0.130. The molecule has 0 aromatic heterocycles. The highest BCUT2D eigenvalue weighted by molar-refractivity contribution is 7.90. The van der Waals surface area contributed by atoms with Crippen LogP contribution in [0.2, 0.25) is 0 Å². The van der Waals surface area contributed by atoms with Crippen LogP contribution in [0.3, 0.4) is 0 Å². The maximum absolute atomic E-state index is 11.6. The zero-order chi connectivity index (χ0) is 12.3. The molecule has 0 aliphatic heterocycles. The lowest BCUT2D eigenvalue weighted by Gasteiger charge is -2.21. The molecular weight excluding hydrogens is 214 g/mol. The van der Waals surface area contributed by atoms with Crippen LogP contribution in [0.5, 0.6) is 0 Å². The van der Waals surface area contributed by atoms with E-state index < -0.39 is 20.9 Å². The van der Waals surface area contributed by atoms with Crippen molar-refractivity contribution in [3.8, 4) is 0 Å². The standard InChI is InChI=1S/C10H23NO3S/c1-8(2)6-9(12)7-11-15(13,14)10(3,4)5/h8-9,11-12H,6-7H2,1-5H3. The molecule has 0 aliphatic rings. The minimum absolute atomic E-state index is 0.0950. The topological polar surface area (TPSA) is 66.4 Å². The lowest BCUT2D eigenvalue weighted by Crippen LogP contribution is -2.42. The van der Waals surface area contributed by atoms with Crippen molar-refractivity contribution in [1.82, 2.24) is 4.72 Å². The maximum Gasteiger partial charge on any atom is 0.216 e. The van der Waals surface area contributed by atoms with Crippen molar-refractivity contribution in [2.24, 2.45) is 5.92 Å². The number of nitrogens with one attached hydrogen (secondary N) is 1. The predicted molar refractivity (Wildman–Crippen MR) is 62.1 cm³/mol. The molecule has 2 N–H and O–H groups in total. The SMILES string of the molecule is CC(C)CC(O)CNS(=O)(=O)C(C)(C)C. The van der Waals surface area contributed by atoms with E-state index in [2.05, 4.69) is 4.72 Å². The monoisotopic (exact) mass is 237 g/mol. The molecule has 92 valence electrons.